The number of halogens is 1. The fourth-order valence-electron chi connectivity index (χ4n) is 3.25. The third-order valence-electron chi connectivity index (χ3n) is 4.77. The molecule has 0 fully saturated rings. The quantitative estimate of drug-likeness (QED) is 0.464. The average molecular weight is 435 g/mol. The Hall–Kier alpha value is -4.21. The number of carbonyl (C=O) groups excluding carboxylic acids is 1. The molecular weight excluding hydrogens is 417 g/mol. The first kappa shape index (κ1) is 19.7. The number of amides is 1. The molecule has 0 saturated carbocycles. The molecule has 1 unspecified atom stereocenters. The molecule has 1 aliphatic rings. The van der Waals surface area contributed by atoms with E-state index in [9.17, 15) is 9.18 Å². The highest BCUT2D eigenvalue weighted by atomic mass is 19.1. The topological polar surface area (TPSA) is 99.9 Å². The lowest BCUT2D eigenvalue weighted by Crippen LogP contribution is -2.45. The van der Waals surface area contributed by atoms with Gasteiger partial charge in [-0.3, -0.25) is 4.79 Å². The average Bonchev–Trinajstić information content (AvgIpc) is 3.25. The van der Waals surface area contributed by atoms with Crippen LogP contribution in [0.15, 0.2) is 60.7 Å². The minimum Gasteiger partial charge on any atom is -0.485 e. The molecular formula is C22H18FN5O4. The first-order chi connectivity index (χ1) is 15.7. The molecule has 3 heterocycles. The van der Waals surface area contributed by atoms with Crippen molar-refractivity contribution >= 4 is 11.6 Å². The van der Waals surface area contributed by atoms with Gasteiger partial charge >= 0.3 is 0 Å². The number of nitrogens with one attached hydrogen (secondary N) is 1. The molecule has 32 heavy (non-hydrogen) atoms. The Morgan fingerprint density at radius 2 is 2.00 bits per heavy atom. The van der Waals surface area contributed by atoms with Gasteiger partial charge in [0.1, 0.15) is 19.0 Å². The van der Waals surface area contributed by atoms with Crippen molar-refractivity contribution in [3.05, 3.63) is 66.5 Å². The number of ether oxygens (including phenoxy) is 3. The molecule has 0 saturated heterocycles. The van der Waals surface area contributed by atoms with Crippen LogP contribution in [0.5, 0.6) is 17.4 Å². The van der Waals surface area contributed by atoms with Gasteiger partial charge in [0.25, 0.3) is 5.91 Å². The summed E-state index contributed by atoms with van der Waals surface area (Å²) >= 11 is 0. The van der Waals surface area contributed by atoms with Crippen LogP contribution < -0.4 is 19.5 Å². The zero-order valence-electron chi connectivity index (χ0n) is 16.8. The molecule has 1 N–H and O–H groups in total. The van der Waals surface area contributed by atoms with Gasteiger partial charge in [0, 0.05) is 11.6 Å². The maximum Gasteiger partial charge on any atom is 0.264 e. The van der Waals surface area contributed by atoms with E-state index in [0.29, 0.717) is 34.4 Å². The van der Waals surface area contributed by atoms with E-state index in [2.05, 4.69) is 20.6 Å². The maximum atomic E-state index is 13.6. The van der Waals surface area contributed by atoms with Crippen molar-refractivity contribution in [2.24, 2.45) is 0 Å². The molecule has 2 aromatic heterocycles. The van der Waals surface area contributed by atoms with Crippen LogP contribution in [0, 0.1) is 5.82 Å². The van der Waals surface area contributed by atoms with Gasteiger partial charge in [-0.2, -0.15) is 4.52 Å². The monoisotopic (exact) mass is 435 g/mol. The summed E-state index contributed by atoms with van der Waals surface area (Å²) in [7, 11) is 0. The lowest BCUT2D eigenvalue weighted by molar-refractivity contribution is -0.130. The van der Waals surface area contributed by atoms with Crippen LogP contribution in [0.2, 0.25) is 0 Å². The lowest BCUT2D eigenvalue weighted by atomic mass is 10.2. The molecule has 2 aromatic carbocycles. The van der Waals surface area contributed by atoms with Crippen molar-refractivity contribution in [1.82, 2.24) is 25.1 Å². The fourth-order valence-corrected chi connectivity index (χ4v) is 3.25. The number of hydrogen-bond donors (Lipinski definition) is 1. The second kappa shape index (κ2) is 8.50. The van der Waals surface area contributed by atoms with Crippen LogP contribution in [0.1, 0.15) is 0 Å². The van der Waals surface area contributed by atoms with E-state index < -0.39 is 6.10 Å². The van der Waals surface area contributed by atoms with E-state index >= 15 is 0 Å². The summed E-state index contributed by atoms with van der Waals surface area (Å²) in [5, 5.41) is 15.2. The molecule has 1 amide bonds. The Kier molecular flexibility index (Phi) is 5.24. The predicted molar refractivity (Wildman–Crippen MR) is 111 cm³/mol. The predicted octanol–water partition coefficient (Wildman–Crippen LogP) is 2.27. The number of para-hydroxylation sites is 2. The summed E-state index contributed by atoms with van der Waals surface area (Å²) in [6.07, 6.45) is -0.731. The first-order valence-electron chi connectivity index (χ1n) is 9.95. The summed E-state index contributed by atoms with van der Waals surface area (Å²) in [6.45, 7) is 0.573. The number of nitrogens with zero attached hydrogens (tertiary/aromatic N) is 4. The Morgan fingerprint density at radius 3 is 2.88 bits per heavy atom. The number of benzene rings is 2. The van der Waals surface area contributed by atoms with Gasteiger partial charge in [-0.1, -0.05) is 24.3 Å². The fraction of sp³-hybridized carbons (Fsp3) is 0.182. The normalized spacial score (nSPS) is 14.8. The van der Waals surface area contributed by atoms with Crippen LogP contribution in [0.4, 0.5) is 4.39 Å². The highest BCUT2D eigenvalue weighted by Crippen LogP contribution is 2.30. The highest BCUT2D eigenvalue weighted by molar-refractivity contribution is 5.81. The van der Waals surface area contributed by atoms with Crippen LogP contribution in [0.3, 0.4) is 0 Å². The maximum absolute atomic E-state index is 13.6. The first-order valence-corrected chi connectivity index (χ1v) is 9.95. The molecule has 4 aromatic rings. The Labute approximate surface area is 181 Å². The number of rotatable bonds is 6. The standard InChI is InChI=1S/C22H18FN5O4/c23-15-5-3-4-14(12-15)21-26-25-19-8-9-20(27-28(19)21)30-11-10-24-22(29)18-13-31-16-6-1-2-7-17(16)32-18/h1-9,12,18H,10-11,13H2,(H,24,29). The van der Waals surface area contributed by atoms with Gasteiger partial charge in [0.2, 0.25) is 12.0 Å². The number of aromatic nitrogens is 4. The van der Waals surface area contributed by atoms with Crippen molar-refractivity contribution in [2.75, 3.05) is 19.8 Å². The Balaban J connectivity index is 1.18. The summed E-state index contributed by atoms with van der Waals surface area (Å²) in [4.78, 5) is 12.3. The summed E-state index contributed by atoms with van der Waals surface area (Å²) in [5.41, 5.74) is 1.05. The zero-order valence-corrected chi connectivity index (χ0v) is 16.8. The van der Waals surface area contributed by atoms with Crippen LogP contribution in [0.25, 0.3) is 17.0 Å². The highest BCUT2D eigenvalue weighted by Gasteiger charge is 2.26. The second-order valence-corrected chi connectivity index (χ2v) is 6.98. The van der Waals surface area contributed by atoms with Crippen molar-refractivity contribution in [3.63, 3.8) is 0 Å². The van der Waals surface area contributed by atoms with Crippen molar-refractivity contribution in [3.8, 4) is 28.8 Å². The molecule has 0 radical (unpaired) electrons. The number of hydrogen-bond acceptors (Lipinski definition) is 7. The van der Waals surface area contributed by atoms with E-state index in [-0.39, 0.29) is 31.5 Å². The Morgan fingerprint density at radius 1 is 1.12 bits per heavy atom. The summed E-state index contributed by atoms with van der Waals surface area (Å²) < 4.78 is 31.9. The second-order valence-electron chi connectivity index (χ2n) is 6.98. The van der Waals surface area contributed by atoms with Gasteiger partial charge in [-0.05, 0) is 30.3 Å². The van der Waals surface area contributed by atoms with E-state index in [1.165, 1.54) is 16.6 Å². The summed E-state index contributed by atoms with van der Waals surface area (Å²) in [5.74, 6) is 1.20. The smallest absolute Gasteiger partial charge is 0.264 e. The third-order valence-corrected chi connectivity index (χ3v) is 4.77. The van der Waals surface area contributed by atoms with Crippen LogP contribution in [-0.4, -0.2) is 51.6 Å². The van der Waals surface area contributed by atoms with Gasteiger partial charge < -0.3 is 19.5 Å². The third kappa shape index (κ3) is 4.02. The molecule has 9 nitrogen and oxygen atoms in total. The van der Waals surface area contributed by atoms with Crippen LogP contribution >= 0.6 is 0 Å². The van der Waals surface area contributed by atoms with E-state index in [1.54, 1.807) is 36.4 Å². The number of fused-ring (bicyclic) bond motifs is 2. The molecule has 5 rings (SSSR count). The zero-order chi connectivity index (χ0) is 21.9. The van der Waals surface area contributed by atoms with Crippen molar-refractivity contribution in [1.29, 1.82) is 0 Å². The van der Waals surface area contributed by atoms with Gasteiger partial charge in [0.05, 0.1) is 6.54 Å². The largest absolute Gasteiger partial charge is 0.485 e. The minimum absolute atomic E-state index is 0.137. The Bertz CT molecular complexity index is 1280. The lowest BCUT2D eigenvalue weighted by Gasteiger charge is -2.25. The minimum atomic E-state index is -0.731. The van der Waals surface area contributed by atoms with E-state index in [0.717, 1.165) is 0 Å². The molecule has 1 atom stereocenters. The summed E-state index contributed by atoms with van der Waals surface area (Å²) in [6, 6.07) is 16.6. The number of carbonyl (C=O) groups is 1. The van der Waals surface area contributed by atoms with E-state index in [4.69, 9.17) is 14.2 Å². The van der Waals surface area contributed by atoms with Crippen molar-refractivity contribution in [2.45, 2.75) is 6.10 Å². The van der Waals surface area contributed by atoms with Gasteiger partial charge in [-0.15, -0.1) is 15.3 Å². The molecule has 10 heteroatoms. The molecule has 162 valence electrons. The molecule has 0 bridgehead atoms. The van der Waals surface area contributed by atoms with E-state index in [1.807, 2.05) is 12.1 Å². The van der Waals surface area contributed by atoms with Gasteiger partial charge in [-0.25, -0.2) is 4.39 Å². The van der Waals surface area contributed by atoms with Crippen molar-refractivity contribution < 1.29 is 23.4 Å². The SMILES string of the molecule is O=C(NCCOc1ccc2nnc(-c3cccc(F)c3)n2n1)C1COc2ccccc2O1. The molecule has 1 aliphatic heterocycles. The molecule has 0 aliphatic carbocycles. The van der Waals surface area contributed by atoms with Gasteiger partial charge in [0.15, 0.2) is 23.0 Å². The molecule has 0 spiro atoms. The van der Waals surface area contributed by atoms with Crippen LogP contribution in [-0.2, 0) is 4.79 Å².